The molecule has 0 saturated carbocycles. The van der Waals surface area contributed by atoms with Crippen molar-refractivity contribution in [3.63, 3.8) is 0 Å². The average molecular weight is 207 g/mol. The van der Waals surface area contributed by atoms with Gasteiger partial charge in [0, 0.05) is 11.6 Å². The highest BCUT2D eigenvalue weighted by atomic mass is 14.9. The molecule has 16 heavy (non-hydrogen) atoms. The van der Waals surface area contributed by atoms with Gasteiger partial charge < -0.3 is 5.32 Å². The molecule has 2 aliphatic carbocycles. The molecule has 0 aromatic heterocycles. The molecular formula is C15H13N. The molecule has 1 heterocycles. The van der Waals surface area contributed by atoms with E-state index >= 15 is 0 Å². The Kier molecular flexibility index (Phi) is 1.51. The summed E-state index contributed by atoms with van der Waals surface area (Å²) in [6, 6.07) is 7.10. The number of hydrogen-bond acceptors (Lipinski definition) is 1. The summed E-state index contributed by atoms with van der Waals surface area (Å²) in [4.78, 5) is 0. The van der Waals surface area contributed by atoms with Crippen molar-refractivity contribution in [1.82, 2.24) is 0 Å². The van der Waals surface area contributed by atoms with E-state index in [1.807, 2.05) is 0 Å². The van der Waals surface area contributed by atoms with Crippen LogP contribution in [0.25, 0.3) is 6.08 Å². The molecule has 1 nitrogen and oxygen atoms in total. The van der Waals surface area contributed by atoms with Gasteiger partial charge in [0.05, 0.1) is 6.04 Å². The third kappa shape index (κ3) is 1.00. The second-order valence-electron chi connectivity index (χ2n) is 4.71. The van der Waals surface area contributed by atoms with Crippen LogP contribution in [0.15, 0.2) is 48.1 Å². The quantitative estimate of drug-likeness (QED) is 0.686. The van der Waals surface area contributed by atoms with Gasteiger partial charge in [-0.3, -0.25) is 0 Å². The van der Waals surface area contributed by atoms with Gasteiger partial charge in [-0.1, -0.05) is 36.4 Å². The molecule has 1 heteroatoms. The van der Waals surface area contributed by atoms with Gasteiger partial charge in [-0.15, -0.1) is 0 Å². The molecule has 0 fully saturated rings. The van der Waals surface area contributed by atoms with Crippen LogP contribution in [0.3, 0.4) is 0 Å². The summed E-state index contributed by atoms with van der Waals surface area (Å²) in [6.07, 6.45) is 12.4. The number of allylic oxidation sites excluding steroid dienone is 3. The minimum Gasteiger partial charge on any atom is -0.375 e. The van der Waals surface area contributed by atoms with Crippen LogP contribution in [-0.4, -0.2) is 6.04 Å². The van der Waals surface area contributed by atoms with Crippen molar-refractivity contribution >= 4 is 11.8 Å². The molecule has 78 valence electrons. The summed E-state index contributed by atoms with van der Waals surface area (Å²) in [6.45, 7) is 0. The Morgan fingerprint density at radius 2 is 2.25 bits per heavy atom. The van der Waals surface area contributed by atoms with Crippen LogP contribution in [0.1, 0.15) is 23.5 Å². The molecule has 0 radical (unpaired) electrons. The van der Waals surface area contributed by atoms with Crippen molar-refractivity contribution in [3.8, 4) is 0 Å². The van der Waals surface area contributed by atoms with Gasteiger partial charge in [-0.05, 0) is 35.3 Å². The lowest BCUT2D eigenvalue weighted by atomic mass is 9.83. The van der Waals surface area contributed by atoms with E-state index in [9.17, 15) is 0 Å². The lowest BCUT2D eigenvalue weighted by Gasteiger charge is -2.23. The zero-order valence-electron chi connectivity index (χ0n) is 8.98. The predicted molar refractivity (Wildman–Crippen MR) is 67.5 cm³/mol. The zero-order chi connectivity index (χ0) is 10.5. The molecule has 1 aliphatic heterocycles. The van der Waals surface area contributed by atoms with Crippen molar-refractivity contribution in [1.29, 1.82) is 0 Å². The zero-order valence-corrected chi connectivity index (χ0v) is 8.98. The second kappa shape index (κ2) is 2.88. The van der Waals surface area contributed by atoms with Crippen LogP contribution in [-0.2, 0) is 0 Å². The van der Waals surface area contributed by atoms with E-state index < -0.39 is 0 Å². The Bertz CT molecular complexity index is 549. The Morgan fingerprint density at radius 1 is 1.25 bits per heavy atom. The smallest absolute Gasteiger partial charge is 0.0670 e. The molecule has 0 spiro atoms. The molecule has 3 aliphatic rings. The van der Waals surface area contributed by atoms with Gasteiger partial charge in [0.2, 0.25) is 0 Å². The molecule has 3 bridgehead atoms. The highest BCUT2D eigenvalue weighted by molar-refractivity contribution is 5.70. The van der Waals surface area contributed by atoms with Crippen LogP contribution in [0.4, 0.5) is 5.69 Å². The number of hydrogen-bond donors (Lipinski definition) is 1. The maximum atomic E-state index is 3.59. The fraction of sp³-hybridized carbons (Fsp3) is 0.200. The number of fused-ring (bicyclic) bond motifs is 1. The van der Waals surface area contributed by atoms with Gasteiger partial charge in [-0.25, -0.2) is 0 Å². The van der Waals surface area contributed by atoms with Crippen molar-refractivity contribution in [2.75, 3.05) is 5.32 Å². The van der Waals surface area contributed by atoms with Crippen LogP contribution in [0.5, 0.6) is 0 Å². The fourth-order valence-electron chi connectivity index (χ4n) is 3.01. The van der Waals surface area contributed by atoms with E-state index in [-0.39, 0.29) is 0 Å². The van der Waals surface area contributed by atoms with Crippen LogP contribution in [0, 0.1) is 0 Å². The molecule has 1 aromatic rings. The topological polar surface area (TPSA) is 12.0 Å². The Morgan fingerprint density at radius 3 is 3.25 bits per heavy atom. The van der Waals surface area contributed by atoms with Crippen LogP contribution in [0.2, 0.25) is 0 Å². The number of nitrogens with one attached hydrogen (secondary N) is 1. The summed E-state index contributed by atoms with van der Waals surface area (Å²) in [5, 5.41) is 3.59. The summed E-state index contributed by atoms with van der Waals surface area (Å²) in [5.41, 5.74) is 5.64. The van der Waals surface area contributed by atoms with Gasteiger partial charge in [0.1, 0.15) is 0 Å². The summed E-state index contributed by atoms with van der Waals surface area (Å²) in [5.74, 6) is 0.579. The number of benzene rings is 1. The monoisotopic (exact) mass is 207 g/mol. The van der Waals surface area contributed by atoms with E-state index in [0.717, 1.165) is 6.42 Å². The Hall–Kier alpha value is -1.76. The molecule has 1 N–H and O–H groups in total. The van der Waals surface area contributed by atoms with E-state index in [1.165, 1.54) is 22.4 Å². The summed E-state index contributed by atoms with van der Waals surface area (Å²) < 4.78 is 0. The molecule has 0 saturated heterocycles. The third-order valence-corrected chi connectivity index (χ3v) is 3.81. The number of rotatable bonds is 0. The van der Waals surface area contributed by atoms with Crippen LogP contribution >= 0.6 is 0 Å². The van der Waals surface area contributed by atoms with E-state index in [2.05, 4.69) is 53.9 Å². The molecule has 4 rings (SSSR count). The van der Waals surface area contributed by atoms with Gasteiger partial charge in [0.15, 0.2) is 0 Å². The minimum atomic E-state index is 0.376. The highest BCUT2D eigenvalue weighted by Gasteiger charge is 2.29. The normalized spacial score (nSPS) is 28.1. The molecular weight excluding hydrogens is 194 g/mol. The predicted octanol–water partition coefficient (Wildman–Crippen LogP) is 3.48. The van der Waals surface area contributed by atoms with Crippen LogP contribution < -0.4 is 5.32 Å². The van der Waals surface area contributed by atoms with Gasteiger partial charge in [0.25, 0.3) is 0 Å². The second-order valence-corrected chi connectivity index (χ2v) is 4.71. The lowest BCUT2D eigenvalue weighted by molar-refractivity contribution is 0.762. The highest BCUT2D eigenvalue weighted by Crippen LogP contribution is 2.42. The maximum Gasteiger partial charge on any atom is 0.0670 e. The molecule has 2 unspecified atom stereocenters. The number of anilines is 1. The van der Waals surface area contributed by atoms with Crippen molar-refractivity contribution < 1.29 is 0 Å². The summed E-state index contributed by atoms with van der Waals surface area (Å²) in [7, 11) is 0. The molecule has 1 aromatic carbocycles. The standard InChI is InChI=1S/C15H13N/c1-2-4-13-12(3-1)14-9-11-7-5-10(14)6-8-15(13)16-11/h1-2,4-9,12,15-16H,3H2. The first-order valence-electron chi connectivity index (χ1n) is 5.87. The lowest BCUT2D eigenvalue weighted by Crippen LogP contribution is -2.21. The first-order valence-corrected chi connectivity index (χ1v) is 5.87. The van der Waals surface area contributed by atoms with Gasteiger partial charge >= 0.3 is 0 Å². The average Bonchev–Trinajstić information content (AvgIpc) is 2.51. The SMILES string of the molecule is C1=CCC2C(=C1)C1C=Cc3ccc(cc32)N1. The maximum absolute atomic E-state index is 3.59. The first kappa shape index (κ1) is 8.40. The van der Waals surface area contributed by atoms with Crippen molar-refractivity contribution in [2.24, 2.45) is 0 Å². The summed E-state index contributed by atoms with van der Waals surface area (Å²) >= 11 is 0. The first-order chi connectivity index (χ1) is 7.92. The van der Waals surface area contributed by atoms with Crippen molar-refractivity contribution in [2.45, 2.75) is 18.4 Å². The Labute approximate surface area is 95.2 Å². The minimum absolute atomic E-state index is 0.376. The molecule has 0 amide bonds. The largest absolute Gasteiger partial charge is 0.375 e. The van der Waals surface area contributed by atoms with Gasteiger partial charge in [-0.2, -0.15) is 0 Å². The fourth-order valence-corrected chi connectivity index (χ4v) is 3.01. The van der Waals surface area contributed by atoms with Crippen molar-refractivity contribution in [3.05, 3.63) is 59.2 Å². The third-order valence-electron chi connectivity index (χ3n) is 3.81. The molecule has 2 atom stereocenters. The Balaban J connectivity index is 2.05. The van der Waals surface area contributed by atoms with E-state index in [0.29, 0.717) is 12.0 Å². The van der Waals surface area contributed by atoms with E-state index in [4.69, 9.17) is 0 Å². The van der Waals surface area contributed by atoms with E-state index in [1.54, 1.807) is 0 Å².